The smallest absolute Gasteiger partial charge is 0.329 e. The van der Waals surface area contributed by atoms with E-state index in [0.717, 1.165) is 12.8 Å². The van der Waals surface area contributed by atoms with Gasteiger partial charge in [-0.1, -0.05) is 42.6 Å². The monoisotopic (exact) mass is 333 g/mol. The molecule has 1 saturated carbocycles. The summed E-state index contributed by atoms with van der Waals surface area (Å²) in [6.07, 6.45) is 2.47. The van der Waals surface area contributed by atoms with Crippen molar-refractivity contribution in [2.75, 3.05) is 0 Å². The summed E-state index contributed by atoms with van der Waals surface area (Å²) in [7, 11) is 0. The normalized spacial score (nSPS) is 16.2. The lowest BCUT2D eigenvalue weighted by Crippen LogP contribution is -2.52. The fraction of sp³-hybridized carbons (Fsp3) is 0.312. The predicted octanol–water partition coefficient (Wildman–Crippen LogP) is 2.86. The average Bonchev–Trinajstić information content (AvgIpc) is 3.17. The SMILES string of the molecule is O=C(NC1(C(=O)O)CCCC1)c1cc(-c2ccccc2Cl)n[nH]1. The first kappa shape index (κ1) is 15.6. The third-order valence-corrected chi connectivity index (χ3v) is 4.52. The molecule has 7 heteroatoms. The fourth-order valence-corrected chi connectivity index (χ4v) is 3.13. The second-order valence-electron chi connectivity index (χ2n) is 5.70. The zero-order valence-electron chi connectivity index (χ0n) is 12.3. The Morgan fingerprint density at radius 2 is 1.96 bits per heavy atom. The zero-order valence-corrected chi connectivity index (χ0v) is 13.1. The molecule has 1 aromatic carbocycles. The van der Waals surface area contributed by atoms with E-state index in [1.54, 1.807) is 18.2 Å². The van der Waals surface area contributed by atoms with Crippen molar-refractivity contribution in [1.82, 2.24) is 15.5 Å². The highest BCUT2D eigenvalue weighted by atomic mass is 35.5. The summed E-state index contributed by atoms with van der Waals surface area (Å²) in [6.45, 7) is 0. The van der Waals surface area contributed by atoms with Crippen molar-refractivity contribution in [3.05, 3.63) is 41.0 Å². The third-order valence-electron chi connectivity index (χ3n) is 4.19. The van der Waals surface area contributed by atoms with Crippen molar-refractivity contribution in [1.29, 1.82) is 0 Å². The van der Waals surface area contributed by atoms with E-state index in [1.165, 1.54) is 0 Å². The largest absolute Gasteiger partial charge is 0.480 e. The molecule has 1 heterocycles. The lowest BCUT2D eigenvalue weighted by Gasteiger charge is -2.24. The molecule has 0 bridgehead atoms. The molecular weight excluding hydrogens is 318 g/mol. The highest BCUT2D eigenvalue weighted by molar-refractivity contribution is 6.33. The van der Waals surface area contributed by atoms with Crippen LogP contribution in [0.1, 0.15) is 36.2 Å². The van der Waals surface area contributed by atoms with Crippen LogP contribution < -0.4 is 5.32 Å². The number of carbonyl (C=O) groups is 2. The number of nitrogens with zero attached hydrogens (tertiary/aromatic N) is 1. The van der Waals surface area contributed by atoms with Crippen molar-refractivity contribution >= 4 is 23.5 Å². The van der Waals surface area contributed by atoms with Crippen LogP contribution in [0.5, 0.6) is 0 Å². The first-order chi connectivity index (χ1) is 11.0. The van der Waals surface area contributed by atoms with Crippen LogP contribution in [0.4, 0.5) is 0 Å². The van der Waals surface area contributed by atoms with E-state index < -0.39 is 17.4 Å². The highest BCUT2D eigenvalue weighted by Crippen LogP contribution is 2.31. The maximum Gasteiger partial charge on any atom is 0.329 e. The Labute approximate surface area is 137 Å². The average molecular weight is 334 g/mol. The molecule has 2 aromatic rings. The van der Waals surface area contributed by atoms with Gasteiger partial charge in [-0.3, -0.25) is 9.89 Å². The standard InChI is InChI=1S/C16H16ClN3O3/c17-11-6-2-1-5-10(11)12-9-13(20-19-12)14(21)18-16(15(22)23)7-3-4-8-16/h1-2,5-6,9H,3-4,7-8H2,(H,18,21)(H,19,20)(H,22,23). The van der Waals surface area contributed by atoms with E-state index in [0.29, 0.717) is 29.1 Å². The molecular formula is C16H16ClN3O3. The fourth-order valence-electron chi connectivity index (χ4n) is 2.90. The molecule has 0 aliphatic heterocycles. The number of aromatic amines is 1. The highest BCUT2D eigenvalue weighted by Gasteiger charge is 2.42. The zero-order chi connectivity index (χ0) is 16.4. The predicted molar refractivity (Wildman–Crippen MR) is 85.3 cm³/mol. The van der Waals surface area contributed by atoms with Crippen molar-refractivity contribution in [2.45, 2.75) is 31.2 Å². The van der Waals surface area contributed by atoms with Gasteiger partial charge in [0.15, 0.2) is 0 Å². The topological polar surface area (TPSA) is 95.1 Å². The van der Waals surface area contributed by atoms with E-state index in [-0.39, 0.29) is 5.69 Å². The van der Waals surface area contributed by atoms with Crippen LogP contribution in [-0.2, 0) is 4.79 Å². The van der Waals surface area contributed by atoms with E-state index in [4.69, 9.17) is 11.6 Å². The summed E-state index contributed by atoms with van der Waals surface area (Å²) in [6, 6.07) is 8.75. The number of carboxylic acid groups (broad SMARTS) is 1. The number of nitrogens with one attached hydrogen (secondary N) is 2. The van der Waals surface area contributed by atoms with Crippen LogP contribution in [0.2, 0.25) is 5.02 Å². The summed E-state index contributed by atoms with van der Waals surface area (Å²) in [4.78, 5) is 23.9. The van der Waals surface area contributed by atoms with Gasteiger partial charge in [-0.15, -0.1) is 0 Å². The number of aromatic nitrogens is 2. The number of benzene rings is 1. The molecule has 0 unspecified atom stereocenters. The lowest BCUT2D eigenvalue weighted by atomic mass is 9.97. The summed E-state index contributed by atoms with van der Waals surface area (Å²) < 4.78 is 0. The molecule has 1 fully saturated rings. The van der Waals surface area contributed by atoms with Crippen LogP contribution in [0.3, 0.4) is 0 Å². The van der Waals surface area contributed by atoms with E-state index in [2.05, 4.69) is 15.5 Å². The second kappa shape index (κ2) is 6.04. The van der Waals surface area contributed by atoms with Crippen molar-refractivity contribution < 1.29 is 14.7 Å². The molecule has 0 saturated heterocycles. The Balaban J connectivity index is 1.82. The van der Waals surface area contributed by atoms with Gasteiger partial charge in [0.1, 0.15) is 11.2 Å². The molecule has 1 aliphatic carbocycles. The first-order valence-electron chi connectivity index (χ1n) is 7.38. The van der Waals surface area contributed by atoms with E-state index in [9.17, 15) is 14.7 Å². The maximum atomic E-state index is 12.4. The molecule has 1 aliphatic rings. The number of carboxylic acids is 1. The van der Waals surface area contributed by atoms with Gasteiger partial charge in [-0.25, -0.2) is 4.79 Å². The minimum absolute atomic E-state index is 0.215. The number of hydrogen-bond donors (Lipinski definition) is 3. The summed E-state index contributed by atoms with van der Waals surface area (Å²) in [5.74, 6) is -1.46. The van der Waals surface area contributed by atoms with Gasteiger partial charge in [0, 0.05) is 5.56 Å². The second-order valence-corrected chi connectivity index (χ2v) is 6.10. The van der Waals surface area contributed by atoms with E-state index in [1.807, 2.05) is 12.1 Å². The molecule has 0 spiro atoms. The number of halogens is 1. The number of amides is 1. The van der Waals surface area contributed by atoms with Crippen LogP contribution in [0, 0.1) is 0 Å². The molecule has 3 N–H and O–H groups in total. The summed E-state index contributed by atoms with van der Waals surface area (Å²) >= 11 is 6.12. The Bertz CT molecular complexity index is 751. The molecule has 0 radical (unpaired) electrons. The molecule has 23 heavy (non-hydrogen) atoms. The number of hydrogen-bond acceptors (Lipinski definition) is 3. The Morgan fingerprint density at radius 1 is 1.26 bits per heavy atom. The third kappa shape index (κ3) is 2.94. The number of rotatable bonds is 4. The minimum Gasteiger partial charge on any atom is -0.480 e. The van der Waals surface area contributed by atoms with Crippen LogP contribution >= 0.6 is 11.6 Å². The maximum absolute atomic E-state index is 12.4. The molecule has 6 nitrogen and oxygen atoms in total. The number of H-pyrrole nitrogens is 1. The first-order valence-corrected chi connectivity index (χ1v) is 7.76. The number of aliphatic carboxylic acids is 1. The van der Waals surface area contributed by atoms with Gasteiger partial charge in [0.2, 0.25) is 0 Å². The quantitative estimate of drug-likeness (QED) is 0.801. The summed E-state index contributed by atoms with van der Waals surface area (Å²) in [5.41, 5.74) is 0.287. The van der Waals surface area contributed by atoms with Gasteiger partial charge in [0.25, 0.3) is 5.91 Å². The molecule has 120 valence electrons. The molecule has 0 atom stereocenters. The van der Waals surface area contributed by atoms with E-state index >= 15 is 0 Å². The molecule has 1 amide bonds. The van der Waals surface area contributed by atoms with Crippen molar-refractivity contribution in [2.24, 2.45) is 0 Å². The van der Waals surface area contributed by atoms with Gasteiger partial charge < -0.3 is 10.4 Å². The summed E-state index contributed by atoms with van der Waals surface area (Å²) in [5, 5.41) is 19.3. The lowest BCUT2D eigenvalue weighted by molar-refractivity contribution is -0.144. The molecule has 1 aromatic heterocycles. The van der Waals surface area contributed by atoms with Gasteiger partial charge in [-0.2, -0.15) is 5.10 Å². The molecule has 3 rings (SSSR count). The van der Waals surface area contributed by atoms with Gasteiger partial charge in [0.05, 0.1) is 10.7 Å². The van der Waals surface area contributed by atoms with Gasteiger partial charge >= 0.3 is 5.97 Å². The van der Waals surface area contributed by atoms with Crippen LogP contribution in [-0.4, -0.2) is 32.7 Å². The minimum atomic E-state index is -1.17. The Morgan fingerprint density at radius 3 is 2.61 bits per heavy atom. The number of carbonyl (C=O) groups excluding carboxylic acids is 1. The van der Waals surface area contributed by atoms with Crippen LogP contribution in [0.15, 0.2) is 30.3 Å². The van der Waals surface area contributed by atoms with Crippen molar-refractivity contribution in [3.8, 4) is 11.3 Å². The van der Waals surface area contributed by atoms with Crippen molar-refractivity contribution in [3.63, 3.8) is 0 Å². The van der Waals surface area contributed by atoms with Gasteiger partial charge in [-0.05, 0) is 25.0 Å². The Kier molecular flexibility index (Phi) is 4.09. The Hall–Kier alpha value is -2.34. The van der Waals surface area contributed by atoms with Crippen LogP contribution in [0.25, 0.3) is 11.3 Å².